The summed E-state index contributed by atoms with van der Waals surface area (Å²) < 4.78 is 54.8. The van der Waals surface area contributed by atoms with E-state index in [1.807, 2.05) is 29.2 Å². The van der Waals surface area contributed by atoms with E-state index in [1.165, 1.54) is 0 Å². The van der Waals surface area contributed by atoms with Crippen LogP contribution in [0, 0.1) is 11.6 Å². The van der Waals surface area contributed by atoms with Crippen molar-refractivity contribution in [3.63, 3.8) is 0 Å². The van der Waals surface area contributed by atoms with Crippen LogP contribution < -0.4 is 4.90 Å². The summed E-state index contributed by atoms with van der Waals surface area (Å²) in [5.74, 6) is -2.13. The van der Waals surface area contributed by atoms with Gasteiger partial charge in [0.05, 0.1) is 0 Å². The molecule has 1 saturated heterocycles. The number of piperazine rings is 1. The van der Waals surface area contributed by atoms with Crippen LogP contribution in [-0.2, 0) is 10.0 Å². The molecule has 0 amide bonds. The highest BCUT2D eigenvalue weighted by atomic mass is 79.9. The first-order valence-corrected chi connectivity index (χ1v) is 9.57. The number of hydrogen-bond donors (Lipinski definition) is 0. The van der Waals surface area contributed by atoms with Crippen molar-refractivity contribution in [2.75, 3.05) is 31.1 Å². The SMILES string of the molecule is O=S(=O)(c1c(F)cccc1F)N1CCN(c2ccc(Br)cc2)CC1. The number of hydrogen-bond acceptors (Lipinski definition) is 3. The maximum absolute atomic E-state index is 13.8. The Labute approximate surface area is 147 Å². The first-order valence-electron chi connectivity index (χ1n) is 7.34. The summed E-state index contributed by atoms with van der Waals surface area (Å²) in [7, 11) is -4.19. The molecule has 0 atom stereocenters. The van der Waals surface area contributed by atoms with E-state index in [0.717, 1.165) is 32.7 Å². The third-order valence-corrected chi connectivity index (χ3v) is 6.43. The second-order valence-corrected chi connectivity index (χ2v) is 8.21. The van der Waals surface area contributed by atoms with Gasteiger partial charge in [0, 0.05) is 36.3 Å². The van der Waals surface area contributed by atoms with Gasteiger partial charge in [-0.05, 0) is 36.4 Å². The van der Waals surface area contributed by atoms with E-state index in [-0.39, 0.29) is 13.1 Å². The molecule has 0 spiro atoms. The fourth-order valence-corrected chi connectivity index (χ4v) is 4.49. The van der Waals surface area contributed by atoms with E-state index in [0.29, 0.717) is 13.1 Å². The molecule has 1 aliphatic rings. The van der Waals surface area contributed by atoms with Crippen molar-refractivity contribution in [3.05, 3.63) is 58.6 Å². The van der Waals surface area contributed by atoms with Crippen molar-refractivity contribution in [1.29, 1.82) is 0 Å². The maximum atomic E-state index is 13.8. The Morgan fingerprint density at radius 2 is 1.42 bits per heavy atom. The number of sulfonamides is 1. The van der Waals surface area contributed by atoms with Gasteiger partial charge in [-0.1, -0.05) is 22.0 Å². The summed E-state index contributed by atoms with van der Waals surface area (Å²) in [5, 5.41) is 0. The smallest absolute Gasteiger partial charge is 0.249 e. The summed E-state index contributed by atoms with van der Waals surface area (Å²) in [4.78, 5) is 1.16. The lowest BCUT2D eigenvalue weighted by molar-refractivity contribution is 0.378. The van der Waals surface area contributed by atoms with Crippen molar-refractivity contribution in [3.8, 4) is 0 Å². The lowest BCUT2D eigenvalue weighted by Crippen LogP contribution is -2.49. The Morgan fingerprint density at radius 3 is 1.96 bits per heavy atom. The molecule has 0 unspecified atom stereocenters. The van der Waals surface area contributed by atoms with Crippen LogP contribution in [0.15, 0.2) is 51.8 Å². The minimum Gasteiger partial charge on any atom is -0.369 e. The van der Waals surface area contributed by atoms with Crippen molar-refractivity contribution in [1.82, 2.24) is 4.31 Å². The van der Waals surface area contributed by atoms with Crippen LogP contribution in [0.5, 0.6) is 0 Å². The standard InChI is InChI=1S/C16H15BrF2N2O2S/c17-12-4-6-13(7-5-12)20-8-10-21(11-9-20)24(22,23)16-14(18)2-1-3-15(16)19/h1-7H,8-11H2. The Hall–Kier alpha value is -1.51. The molecular formula is C16H15BrF2N2O2S. The van der Waals surface area contributed by atoms with E-state index in [1.54, 1.807) is 0 Å². The Morgan fingerprint density at radius 1 is 0.875 bits per heavy atom. The van der Waals surface area contributed by atoms with Gasteiger partial charge in [-0.3, -0.25) is 0 Å². The zero-order valence-corrected chi connectivity index (χ0v) is 15.0. The van der Waals surface area contributed by atoms with Crippen molar-refractivity contribution in [2.45, 2.75) is 4.90 Å². The Bertz CT molecular complexity index is 815. The highest BCUT2D eigenvalue weighted by molar-refractivity contribution is 9.10. The van der Waals surface area contributed by atoms with Crippen molar-refractivity contribution in [2.24, 2.45) is 0 Å². The summed E-state index contributed by atoms with van der Waals surface area (Å²) >= 11 is 3.37. The Kier molecular flexibility index (Phi) is 4.89. The largest absolute Gasteiger partial charge is 0.369 e. The lowest BCUT2D eigenvalue weighted by Gasteiger charge is -2.35. The summed E-state index contributed by atoms with van der Waals surface area (Å²) in [6, 6.07) is 10.7. The molecule has 128 valence electrons. The van der Waals surface area contributed by atoms with E-state index < -0.39 is 26.6 Å². The van der Waals surface area contributed by atoms with Crippen molar-refractivity contribution < 1.29 is 17.2 Å². The minimum absolute atomic E-state index is 0.173. The normalized spacial score (nSPS) is 16.4. The molecule has 0 bridgehead atoms. The molecule has 4 nitrogen and oxygen atoms in total. The molecule has 1 heterocycles. The zero-order valence-electron chi connectivity index (χ0n) is 12.6. The van der Waals surface area contributed by atoms with Gasteiger partial charge in [-0.2, -0.15) is 4.31 Å². The van der Waals surface area contributed by atoms with E-state index >= 15 is 0 Å². The first kappa shape index (κ1) is 17.3. The van der Waals surface area contributed by atoms with E-state index in [2.05, 4.69) is 15.9 Å². The van der Waals surface area contributed by atoms with Gasteiger partial charge in [0.2, 0.25) is 10.0 Å². The summed E-state index contributed by atoms with van der Waals surface area (Å²) in [6.07, 6.45) is 0. The highest BCUT2D eigenvalue weighted by Gasteiger charge is 2.33. The zero-order chi connectivity index (χ0) is 17.3. The molecule has 2 aromatic carbocycles. The maximum Gasteiger partial charge on any atom is 0.249 e. The summed E-state index contributed by atoms with van der Waals surface area (Å²) in [5.41, 5.74) is 0.979. The van der Waals surface area contributed by atoms with Crippen LogP contribution in [0.1, 0.15) is 0 Å². The Balaban J connectivity index is 1.77. The van der Waals surface area contributed by atoms with Gasteiger partial charge in [-0.25, -0.2) is 17.2 Å². The molecule has 0 aromatic heterocycles. The number of nitrogens with zero attached hydrogens (tertiary/aromatic N) is 2. The number of rotatable bonds is 3. The van der Waals surface area contributed by atoms with E-state index in [9.17, 15) is 17.2 Å². The molecule has 2 aromatic rings. The fraction of sp³-hybridized carbons (Fsp3) is 0.250. The third kappa shape index (κ3) is 3.31. The predicted molar refractivity (Wildman–Crippen MR) is 91.5 cm³/mol. The molecular weight excluding hydrogens is 402 g/mol. The predicted octanol–water partition coefficient (Wildman–Crippen LogP) is 3.24. The van der Waals surface area contributed by atoms with Crippen LogP contribution in [0.2, 0.25) is 0 Å². The number of anilines is 1. The van der Waals surface area contributed by atoms with Crippen LogP contribution in [-0.4, -0.2) is 38.9 Å². The molecule has 0 N–H and O–H groups in total. The minimum atomic E-state index is -4.19. The fourth-order valence-electron chi connectivity index (χ4n) is 2.70. The number of halogens is 3. The molecule has 3 rings (SSSR count). The first-order chi connectivity index (χ1) is 11.4. The van der Waals surface area contributed by atoms with Gasteiger partial charge in [0.15, 0.2) is 4.90 Å². The van der Waals surface area contributed by atoms with Gasteiger partial charge >= 0.3 is 0 Å². The average molecular weight is 417 g/mol. The molecule has 1 aliphatic heterocycles. The monoisotopic (exact) mass is 416 g/mol. The van der Waals surface area contributed by atoms with Crippen LogP contribution >= 0.6 is 15.9 Å². The summed E-state index contributed by atoms with van der Waals surface area (Å²) in [6.45, 7) is 1.26. The molecule has 24 heavy (non-hydrogen) atoms. The number of benzene rings is 2. The topological polar surface area (TPSA) is 40.6 Å². The third-order valence-electron chi connectivity index (χ3n) is 3.95. The average Bonchev–Trinajstić information content (AvgIpc) is 2.55. The van der Waals surface area contributed by atoms with Crippen LogP contribution in [0.3, 0.4) is 0 Å². The second kappa shape index (κ2) is 6.78. The van der Waals surface area contributed by atoms with Gasteiger partial charge in [-0.15, -0.1) is 0 Å². The quantitative estimate of drug-likeness (QED) is 0.770. The lowest BCUT2D eigenvalue weighted by atomic mass is 10.2. The second-order valence-electron chi connectivity index (χ2n) is 5.42. The van der Waals surface area contributed by atoms with Gasteiger partial charge in [0.25, 0.3) is 0 Å². The molecule has 0 saturated carbocycles. The highest BCUT2D eigenvalue weighted by Crippen LogP contribution is 2.25. The molecule has 0 aliphatic carbocycles. The molecule has 8 heteroatoms. The molecule has 1 fully saturated rings. The van der Waals surface area contributed by atoms with Gasteiger partial charge < -0.3 is 4.90 Å². The van der Waals surface area contributed by atoms with Crippen molar-refractivity contribution >= 4 is 31.6 Å². The molecule has 0 radical (unpaired) electrons. The van der Waals surface area contributed by atoms with E-state index in [4.69, 9.17) is 0 Å². The van der Waals surface area contributed by atoms with Crippen LogP contribution in [0.4, 0.5) is 14.5 Å². The van der Waals surface area contributed by atoms with Crippen LogP contribution in [0.25, 0.3) is 0 Å². The van der Waals surface area contributed by atoms with Gasteiger partial charge in [0.1, 0.15) is 11.6 Å².